The molecule has 3 aromatic rings. The highest BCUT2D eigenvalue weighted by atomic mass is 16.7. The Labute approximate surface area is 169 Å². The van der Waals surface area contributed by atoms with Crippen LogP contribution in [0.3, 0.4) is 0 Å². The number of nitrogens with one attached hydrogen (secondary N) is 1. The molecule has 2 aliphatic heterocycles. The molecule has 1 atom stereocenters. The van der Waals surface area contributed by atoms with Crippen molar-refractivity contribution in [1.29, 1.82) is 0 Å². The van der Waals surface area contributed by atoms with E-state index in [9.17, 15) is 4.79 Å². The van der Waals surface area contributed by atoms with E-state index in [1.165, 1.54) is 5.56 Å². The van der Waals surface area contributed by atoms with Crippen molar-refractivity contribution in [2.24, 2.45) is 0 Å². The summed E-state index contributed by atoms with van der Waals surface area (Å²) in [7, 11) is 0. The molecule has 146 valence electrons. The first-order chi connectivity index (χ1) is 14.2. The summed E-state index contributed by atoms with van der Waals surface area (Å²) in [5.74, 6) is 1.51. The summed E-state index contributed by atoms with van der Waals surface area (Å²) in [5.41, 5.74) is 5.04. The predicted molar refractivity (Wildman–Crippen MR) is 111 cm³/mol. The molecule has 0 unspecified atom stereocenters. The van der Waals surface area contributed by atoms with Gasteiger partial charge in [-0.1, -0.05) is 49.4 Å². The number of amides is 1. The molecule has 2 heterocycles. The van der Waals surface area contributed by atoms with Crippen LogP contribution in [0.25, 0.3) is 0 Å². The van der Waals surface area contributed by atoms with Crippen molar-refractivity contribution >= 4 is 11.6 Å². The summed E-state index contributed by atoms with van der Waals surface area (Å²) in [6, 6.07) is 21.9. The van der Waals surface area contributed by atoms with Crippen molar-refractivity contribution < 1.29 is 14.3 Å². The Bertz CT molecular complexity index is 1080. The number of carbonyl (C=O) groups excluding carboxylic acids is 1. The van der Waals surface area contributed by atoms with Gasteiger partial charge in [0.1, 0.15) is 6.17 Å². The van der Waals surface area contributed by atoms with Gasteiger partial charge in [-0.25, -0.2) is 0 Å². The van der Waals surface area contributed by atoms with Crippen molar-refractivity contribution in [3.05, 3.63) is 89.0 Å². The zero-order valence-electron chi connectivity index (χ0n) is 16.2. The molecule has 0 fully saturated rings. The Balaban J connectivity index is 1.50. The van der Waals surface area contributed by atoms with Gasteiger partial charge in [0.25, 0.3) is 5.91 Å². The molecule has 1 amide bonds. The molecule has 29 heavy (non-hydrogen) atoms. The average molecular weight is 386 g/mol. The minimum Gasteiger partial charge on any atom is -0.454 e. The van der Waals surface area contributed by atoms with Crippen LogP contribution >= 0.6 is 0 Å². The molecule has 0 aliphatic carbocycles. The number of benzene rings is 3. The fourth-order valence-corrected chi connectivity index (χ4v) is 4.04. The van der Waals surface area contributed by atoms with Crippen LogP contribution in [-0.4, -0.2) is 17.6 Å². The monoisotopic (exact) mass is 386 g/mol. The Morgan fingerprint density at radius 2 is 1.79 bits per heavy atom. The van der Waals surface area contributed by atoms with Crippen LogP contribution in [0.1, 0.15) is 40.1 Å². The molecule has 2 aliphatic rings. The highest BCUT2D eigenvalue weighted by molar-refractivity contribution is 5.99. The van der Waals surface area contributed by atoms with Crippen LogP contribution in [0.15, 0.2) is 66.7 Å². The van der Waals surface area contributed by atoms with Crippen molar-refractivity contribution in [3.8, 4) is 11.5 Å². The molecule has 0 bridgehead atoms. The van der Waals surface area contributed by atoms with Crippen LogP contribution in [-0.2, 0) is 13.0 Å². The van der Waals surface area contributed by atoms with E-state index in [1.54, 1.807) is 0 Å². The minimum atomic E-state index is -0.225. The summed E-state index contributed by atoms with van der Waals surface area (Å²) >= 11 is 0. The van der Waals surface area contributed by atoms with Crippen LogP contribution in [0, 0.1) is 0 Å². The molecule has 5 nitrogen and oxygen atoms in total. The molecule has 0 saturated heterocycles. The first kappa shape index (κ1) is 17.6. The van der Waals surface area contributed by atoms with Crippen molar-refractivity contribution in [1.82, 2.24) is 4.90 Å². The van der Waals surface area contributed by atoms with Gasteiger partial charge in [-0.3, -0.25) is 4.79 Å². The number of carbonyl (C=O) groups is 1. The lowest BCUT2D eigenvalue weighted by atomic mass is 10.1. The fraction of sp³-hybridized carbons (Fsp3) is 0.208. The lowest BCUT2D eigenvalue weighted by molar-refractivity contribution is 0.0728. The summed E-state index contributed by atoms with van der Waals surface area (Å²) in [6.07, 6.45) is 0.699. The van der Waals surface area contributed by atoms with Gasteiger partial charge in [0.15, 0.2) is 11.5 Å². The molecule has 5 rings (SSSR count). The quantitative estimate of drug-likeness (QED) is 0.688. The van der Waals surface area contributed by atoms with Crippen LogP contribution in [0.2, 0.25) is 0 Å². The molecule has 0 aromatic heterocycles. The van der Waals surface area contributed by atoms with E-state index in [0.29, 0.717) is 6.54 Å². The fourth-order valence-electron chi connectivity index (χ4n) is 4.04. The number of anilines is 1. The normalized spacial score (nSPS) is 16.8. The maximum atomic E-state index is 13.2. The molecular weight excluding hydrogens is 364 g/mol. The maximum absolute atomic E-state index is 13.2. The van der Waals surface area contributed by atoms with Gasteiger partial charge in [0.05, 0.1) is 0 Å². The van der Waals surface area contributed by atoms with E-state index in [2.05, 4.69) is 24.4 Å². The Kier molecular flexibility index (Phi) is 4.35. The summed E-state index contributed by atoms with van der Waals surface area (Å²) in [5, 5.41) is 3.62. The lowest BCUT2D eigenvalue weighted by Crippen LogP contribution is -2.32. The van der Waals surface area contributed by atoms with Crippen LogP contribution in [0.4, 0.5) is 5.69 Å². The third kappa shape index (κ3) is 3.09. The van der Waals surface area contributed by atoms with Gasteiger partial charge < -0.3 is 19.7 Å². The topological polar surface area (TPSA) is 50.8 Å². The Hall–Kier alpha value is -3.47. The Morgan fingerprint density at radius 3 is 2.69 bits per heavy atom. The second kappa shape index (κ2) is 7.17. The van der Waals surface area contributed by atoms with Gasteiger partial charge in [-0.15, -0.1) is 0 Å². The second-order valence-corrected chi connectivity index (χ2v) is 7.27. The summed E-state index contributed by atoms with van der Waals surface area (Å²) in [4.78, 5) is 15.1. The highest BCUT2D eigenvalue weighted by Gasteiger charge is 2.36. The zero-order chi connectivity index (χ0) is 19.8. The Morgan fingerprint density at radius 1 is 1.00 bits per heavy atom. The van der Waals surface area contributed by atoms with E-state index in [1.807, 2.05) is 59.5 Å². The molecule has 0 radical (unpaired) electrons. The third-order valence-electron chi connectivity index (χ3n) is 5.54. The maximum Gasteiger partial charge on any atom is 0.256 e. The predicted octanol–water partition coefficient (Wildman–Crippen LogP) is 4.74. The smallest absolute Gasteiger partial charge is 0.256 e. The first-order valence-electron chi connectivity index (χ1n) is 9.87. The number of rotatable bonds is 5. The van der Waals surface area contributed by atoms with Crippen LogP contribution in [0.5, 0.6) is 11.5 Å². The molecule has 1 N–H and O–H groups in total. The second-order valence-electron chi connectivity index (χ2n) is 7.27. The van der Waals surface area contributed by atoms with Gasteiger partial charge in [0, 0.05) is 23.4 Å². The summed E-state index contributed by atoms with van der Waals surface area (Å²) < 4.78 is 10.9. The highest BCUT2D eigenvalue weighted by Crippen LogP contribution is 2.38. The molecule has 5 heteroatoms. The largest absolute Gasteiger partial charge is 0.454 e. The molecular formula is C24H22N2O3. The first-order valence-corrected chi connectivity index (χ1v) is 9.87. The standard InChI is InChI=1S/C24H22N2O3/c1-2-17-7-3-6-10-20(17)25-23-18-8-4-5-9-19(18)24(27)26(23)14-16-11-12-21-22(13-16)29-15-28-21/h3-13,23,25H,2,14-15H2,1H3/t23-/m0/s1. The molecule has 0 saturated carbocycles. The number of hydrogen-bond acceptors (Lipinski definition) is 4. The number of nitrogens with zero attached hydrogens (tertiary/aromatic N) is 1. The average Bonchev–Trinajstić information content (AvgIpc) is 3.33. The number of hydrogen-bond donors (Lipinski definition) is 1. The third-order valence-corrected chi connectivity index (χ3v) is 5.54. The van der Waals surface area contributed by atoms with Gasteiger partial charge in [0.2, 0.25) is 6.79 Å². The van der Waals surface area contributed by atoms with E-state index in [4.69, 9.17) is 9.47 Å². The van der Waals surface area contributed by atoms with Gasteiger partial charge in [-0.2, -0.15) is 0 Å². The lowest BCUT2D eigenvalue weighted by Gasteiger charge is -2.28. The van der Waals surface area contributed by atoms with E-state index >= 15 is 0 Å². The SMILES string of the molecule is CCc1ccccc1N[C@@H]1c2ccccc2C(=O)N1Cc1ccc2c(c1)OCO2. The van der Waals surface area contributed by atoms with Gasteiger partial charge >= 0.3 is 0 Å². The number of aryl methyl sites for hydroxylation is 1. The van der Waals surface area contributed by atoms with Crippen molar-refractivity contribution in [3.63, 3.8) is 0 Å². The molecule has 3 aromatic carbocycles. The van der Waals surface area contributed by atoms with Gasteiger partial charge in [-0.05, 0) is 41.8 Å². The van der Waals surface area contributed by atoms with E-state index in [-0.39, 0.29) is 18.9 Å². The summed E-state index contributed by atoms with van der Waals surface area (Å²) in [6.45, 7) is 2.86. The van der Waals surface area contributed by atoms with E-state index in [0.717, 1.165) is 40.3 Å². The van der Waals surface area contributed by atoms with Crippen LogP contribution < -0.4 is 14.8 Å². The zero-order valence-corrected chi connectivity index (χ0v) is 16.2. The minimum absolute atomic E-state index is 0.0322. The number of para-hydroxylation sites is 1. The van der Waals surface area contributed by atoms with E-state index < -0.39 is 0 Å². The number of ether oxygens (including phenoxy) is 2. The van der Waals surface area contributed by atoms with Crippen molar-refractivity contribution in [2.75, 3.05) is 12.1 Å². The van der Waals surface area contributed by atoms with Crippen molar-refractivity contribution in [2.45, 2.75) is 26.1 Å². The number of fused-ring (bicyclic) bond motifs is 2. The molecule has 0 spiro atoms.